The third-order valence-electron chi connectivity index (χ3n) is 4.20. The number of rotatable bonds is 13. The van der Waals surface area contributed by atoms with E-state index in [9.17, 15) is 4.79 Å². The van der Waals surface area contributed by atoms with Gasteiger partial charge in [-0.3, -0.25) is 9.78 Å². The summed E-state index contributed by atoms with van der Waals surface area (Å²) in [5.41, 5.74) is 0.924. The second-order valence-corrected chi connectivity index (χ2v) is 6.70. The summed E-state index contributed by atoms with van der Waals surface area (Å²) in [5.74, 6) is 12.0. The largest absolute Gasteiger partial charge is 0.461 e. The van der Waals surface area contributed by atoms with E-state index < -0.39 is 0 Å². The molecule has 1 heterocycles. The van der Waals surface area contributed by atoms with Gasteiger partial charge in [0.1, 0.15) is 6.61 Å². The van der Waals surface area contributed by atoms with Gasteiger partial charge in [0.2, 0.25) is 0 Å². The maximum Gasteiger partial charge on any atom is 0.306 e. The van der Waals surface area contributed by atoms with Crippen molar-refractivity contribution in [3.63, 3.8) is 0 Å². The van der Waals surface area contributed by atoms with Gasteiger partial charge in [-0.25, -0.2) is 0 Å². The highest BCUT2D eigenvalue weighted by Gasteiger charge is 2.03. The number of esters is 1. The summed E-state index contributed by atoms with van der Waals surface area (Å²) in [6.45, 7) is 2.53. The quantitative estimate of drug-likeness (QED) is 0.250. The second kappa shape index (κ2) is 17.2. The summed E-state index contributed by atoms with van der Waals surface area (Å²) in [4.78, 5) is 15.7. The third-order valence-corrected chi connectivity index (χ3v) is 4.20. The van der Waals surface area contributed by atoms with E-state index in [1.807, 2.05) is 12.1 Å². The molecule has 0 aliphatic rings. The maximum atomic E-state index is 11.7. The van der Waals surface area contributed by atoms with E-state index in [1.165, 1.54) is 25.7 Å². The van der Waals surface area contributed by atoms with Crippen molar-refractivity contribution in [2.24, 2.45) is 0 Å². The molecule has 0 aromatic carbocycles. The van der Waals surface area contributed by atoms with E-state index in [2.05, 4.69) is 35.6 Å². The first-order valence-corrected chi connectivity index (χ1v) is 10.3. The Bertz CT molecular complexity index is 617. The van der Waals surface area contributed by atoms with Gasteiger partial charge in [0.05, 0.1) is 0 Å². The van der Waals surface area contributed by atoms with Crippen LogP contribution in [0, 0.1) is 23.7 Å². The minimum Gasteiger partial charge on any atom is -0.461 e. The Morgan fingerprint density at radius 2 is 1.63 bits per heavy atom. The summed E-state index contributed by atoms with van der Waals surface area (Å²) in [6, 6.07) is 3.75. The highest BCUT2D eigenvalue weighted by atomic mass is 16.5. The van der Waals surface area contributed by atoms with Crippen LogP contribution < -0.4 is 0 Å². The molecule has 3 heteroatoms. The Morgan fingerprint density at radius 1 is 0.963 bits per heavy atom. The van der Waals surface area contributed by atoms with Crippen molar-refractivity contribution in [3.8, 4) is 23.7 Å². The molecule has 0 atom stereocenters. The van der Waals surface area contributed by atoms with E-state index >= 15 is 0 Å². The molecule has 0 saturated carbocycles. The third kappa shape index (κ3) is 14.6. The highest BCUT2D eigenvalue weighted by Crippen LogP contribution is 2.08. The number of pyridine rings is 1. The molecule has 0 aliphatic carbocycles. The lowest BCUT2D eigenvalue weighted by atomic mass is 10.1. The number of hydrogen-bond acceptors (Lipinski definition) is 3. The van der Waals surface area contributed by atoms with E-state index in [1.54, 1.807) is 12.4 Å². The lowest BCUT2D eigenvalue weighted by Gasteiger charge is -2.04. The van der Waals surface area contributed by atoms with Crippen molar-refractivity contribution < 1.29 is 9.53 Å². The van der Waals surface area contributed by atoms with Crippen LogP contribution in [-0.2, 0) is 16.1 Å². The number of carbonyl (C=O) groups is 1. The van der Waals surface area contributed by atoms with Gasteiger partial charge in [-0.2, -0.15) is 0 Å². The van der Waals surface area contributed by atoms with Gasteiger partial charge < -0.3 is 4.74 Å². The molecule has 0 bridgehead atoms. The normalized spacial score (nSPS) is 9.67. The predicted octanol–water partition coefficient (Wildman–Crippen LogP) is 5.83. The Kier molecular flexibility index (Phi) is 14.5. The molecule has 27 heavy (non-hydrogen) atoms. The first kappa shape index (κ1) is 22.8. The van der Waals surface area contributed by atoms with Gasteiger partial charge in [-0.1, -0.05) is 63.4 Å². The molecule has 1 rings (SSSR count). The molecule has 0 aliphatic heterocycles. The van der Waals surface area contributed by atoms with Gasteiger partial charge in [-0.15, -0.1) is 0 Å². The fraction of sp³-hybridized carbons (Fsp3) is 0.583. The minimum atomic E-state index is -0.127. The van der Waals surface area contributed by atoms with Crippen molar-refractivity contribution in [1.29, 1.82) is 0 Å². The number of hydrogen-bond donors (Lipinski definition) is 0. The molecule has 0 radical (unpaired) electrons. The summed E-state index contributed by atoms with van der Waals surface area (Å²) in [5, 5.41) is 0. The average Bonchev–Trinajstić information content (AvgIpc) is 2.70. The van der Waals surface area contributed by atoms with Crippen LogP contribution in [0.1, 0.15) is 89.5 Å². The molecule has 0 fully saturated rings. The SMILES string of the molecule is CCCCCCC#CC#CCCCCCCCC(=O)OCc1cccnc1. The first-order chi connectivity index (χ1) is 13.3. The Balaban J connectivity index is 1.89. The lowest BCUT2D eigenvalue weighted by Crippen LogP contribution is -2.04. The molecule has 1 aromatic rings. The standard InChI is InChI=1S/C24H33NO2/c1-2-3-4-5-6-7-8-9-10-11-12-13-14-15-16-19-24(26)27-22-23-18-17-20-25-21-23/h17-18,20-21H,2-6,11-16,19,22H2,1H3. The molecule has 0 amide bonds. The molecule has 1 aromatic heterocycles. The van der Waals surface area contributed by atoms with E-state index in [0.29, 0.717) is 13.0 Å². The van der Waals surface area contributed by atoms with Gasteiger partial charge in [0.25, 0.3) is 0 Å². The fourth-order valence-electron chi connectivity index (χ4n) is 2.59. The van der Waals surface area contributed by atoms with Crippen LogP contribution in [0.25, 0.3) is 0 Å². The number of ether oxygens (including phenoxy) is 1. The van der Waals surface area contributed by atoms with Crippen LogP contribution in [0.5, 0.6) is 0 Å². The second-order valence-electron chi connectivity index (χ2n) is 6.70. The summed E-state index contributed by atoms with van der Waals surface area (Å²) >= 11 is 0. The zero-order chi connectivity index (χ0) is 19.4. The summed E-state index contributed by atoms with van der Waals surface area (Å²) < 4.78 is 5.24. The van der Waals surface area contributed by atoms with Crippen molar-refractivity contribution in [2.45, 2.75) is 90.6 Å². The monoisotopic (exact) mass is 367 g/mol. The zero-order valence-electron chi connectivity index (χ0n) is 16.8. The Hall–Kier alpha value is -2.26. The molecule has 0 unspecified atom stereocenters. The topological polar surface area (TPSA) is 39.2 Å². The van der Waals surface area contributed by atoms with Gasteiger partial charge in [0.15, 0.2) is 0 Å². The van der Waals surface area contributed by atoms with Gasteiger partial charge in [-0.05, 0) is 37.2 Å². The van der Waals surface area contributed by atoms with Crippen molar-refractivity contribution in [1.82, 2.24) is 4.98 Å². The van der Waals surface area contributed by atoms with Crippen molar-refractivity contribution in [2.75, 3.05) is 0 Å². The number of aromatic nitrogens is 1. The van der Waals surface area contributed by atoms with E-state index in [0.717, 1.165) is 50.5 Å². The van der Waals surface area contributed by atoms with Crippen LogP contribution in [0.2, 0.25) is 0 Å². The molecule has 0 N–H and O–H groups in total. The molecule has 0 spiro atoms. The van der Waals surface area contributed by atoms with Crippen LogP contribution in [-0.4, -0.2) is 11.0 Å². The van der Waals surface area contributed by atoms with Gasteiger partial charge >= 0.3 is 5.97 Å². The van der Waals surface area contributed by atoms with Crippen LogP contribution in [0.15, 0.2) is 24.5 Å². The van der Waals surface area contributed by atoms with Crippen LogP contribution in [0.4, 0.5) is 0 Å². The molecular weight excluding hydrogens is 334 g/mol. The number of nitrogens with zero attached hydrogens (tertiary/aromatic N) is 1. The smallest absolute Gasteiger partial charge is 0.306 e. The van der Waals surface area contributed by atoms with E-state index in [4.69, 9.17) is 4.74 Å². The van der Waals surface area contributed by atoms with Crippen molar-refractivity contribution in [3.05, 3.63) is 30.1 Å². The van der Waals surface area contributed by atoms with E-state index in [-0.39, 0.29) is 5.97 Å². The molecular formula is C24H33NO2. The fourth-order valence-corrected chi connectivity index (χ4v) is 2.59. The molecule has 146 valence electrons. The Labute approximate surface area is 165 Å². The lowest BCUT2D eigenvalue weighted by molar-refractivity contribution is -0.145. The minimum absolute atomic E-state index is 0.127. The number of unbranched alkanes of at least 4 members (excludes halogenated alkanes) is 9. The highest BCUT2D eigenvalue weighted by molar-refractivity contribution is 5.69. The molecule has 0 saturated heterocycles. The van der Waals surface area contributed by atoms with Crippen LogP contribution >= 0.6 is 0 Å². The number of carbonyl (C=O) groups excluding carboxylic acids is 1. The average molecular weight is 368 g/mol. The summed E-state index contributed by atoms with van der Waals surface area (Å²) in [6.07, 6.45) is 16.2. The first-order valence-electron chi connectivity index (χ1n) is 10.3. The zero-order valence-corrected chi connectivity index (χ0v) is 16.8. The molecule has 3 nitrogen and oxygen atoms in total. The maximum absolute atomic E-state index is 11.7. The van der Waals surface area contributed by atoms with Crippen molar-refractivity contribution >= 4 is 5.97 Å². The van der Waals surface area contributed by atoms with Gasteiger partial charge in [0, 0.05) is 37.2 Å². The summed E-state index contributed by atoms with van der Waals surface area (Å²) in [7, 11) is 0. The predicted molar refractivity (Wildman–Crippen MR) is 111 cm³/mol. The Morgan fingerprint density at radius 3 is 2.30 bits per heavy atom. The van der Waals surface area contributed by atoms with Crippen LogP contribution in [0.3, 0.4) is 0 Å².